The first-order chi connectivity index (χ1) is 8.68. The van der Waals surface area contributed by atoms with Gasteiger partial charge in [-0.25, -0.2) is 4.79 Å². The van der Waals surface area contributed by atoms with E-state index in [1.54, 1.807) is 6.20 Å². The molecular formula is C14H26N2O2. The van der Waals surface area contributed by atoms with E-state index in [-0.39, 0.29) is 12.1 Å². The van der Waals surface area contributed by atoms with Crippen LogP contribution in [-0.2, 0) is 4.74 Å². The molecule has 0 aromatic heterocycles. The molecule has 2 amide bonds. The number of urea groups is 1. The maximum absolute atomic E-state index is 11.4. The molecule has 1 fully saturated rings. The minimum Gasteiger partial charge on any atom is -0.379 e. The van der Waals surface area contributed by atoms with Gasteiger partial charge in [0.25, 0.3) is 0 Å². The maximum atomic E-state index is 11.4. The molecule has 104 valence electrons. The van der Waals surface area contributed by atoms with Crippen LogP contribution in [-0.4, -0.2) is 25.3 Å². The molecule has 0 saturated heterocycles. The Morgan fingerprint density at radius 3 is 2.78 bits per heavy atom. The average molecular weight is 254 g/mol. The van der Waals surface area contributed by atoms with Gasteiger partial charge < -0.3 is 15.4 Å². The molecule has 0 unspecified atom stereocenters. The van der Waals surface area contributed by atoms with Crippen molar-refractivity contribution in [1.82, 2.24) is 10.6 Å². The lowest BCUT2D eigenvalue weighted by atomic mass is 10.1. The first kappa shape index (κ1) is 15.0. The van der Waals surface area contributed by atoms with Crippen molar-refractivity contribution in [3.63, 3.8) is 0 Å². The number of ether oxygens (including phenoxy) is 1. The second-order valence-electron chi connectivity index (χ2n) is 5.08. The van der Waals surface area contributed by atoms with Gasteiger partial charge in [-0.1, -0.05) is 18.9 Å². The molecular weight excluding hydrogens is 228 g/mol. The highest BCUT2D eigenvalue weighted by molar-refractivity contribution is 5.74. The smallest absolute Gasteiger partial charge is 0.318 e. The Kier molecular flexibility index (Phi) is 7.49. The van der Waals surface area contributed by atoms with Crippen molar-refractivity contribution >= 4 is 6.03 Å². The van der Waals surface area contributed by atoms with Crippen LogP contribution >= 0.6 is 0 Å². The summed E-state index contributed by atoms with van der Waals surface area (Å²) < 4.78 is 5.39. The Morgan fingerprint density at radius 1 is 1.39 bits per heavy atom. The third kappa shape index (κ3) is 7.33. The van der Waals surface area contributed by atoms with Crippen LogP contribution in [0.5, 0.6) is 0 Å². The van der Waals surface area contributed by atoms with E-state index < -0.39 is 0 Å². The molecule has 4 heteroatoms. The van der Waals surface area contributed by atoms with Gasteiger partial charge in [-0.3, -0.25) is 0 Å². The minimum atomic E-state index is -0.131. The Labute approximate surface area is 110 Å². The second kappa shape index (κ2) is 8.97. The van der Waals surface area contributed by atoms with E-state index in [0.29, 0.717) is 19.1 Å². The van der Waals surface area contributed by atoms with Gasteiger partial charge in [0.2, 0.25) is 0 Å². The lowest BCUT2D eigenvalue weighted by Gasteiger charge is -2.08. The largest absolute Gasteiger partial charge is 0.379 e. The van der Waals surface area contributed by atoms with E-state index in [2.05, 4.69) is 16.7 Å². The maximum Gasteiger partial charge on any atom is 0.318 e. The molecule has 0 spiro atoms. The van der Waals surface area contributed by atoms with E-state index in [1.807, 2.05) is 13.8 Å². The Balaban J connectivity index is 1.96. The van der Waals surface area contributed by atoms with Crippen LogP contribution in [0.15, 0.2) is 12.3 Å². The third-order valence-electron chi connectivity index (χ3n) is 3.04. The first-order valence-corrected chi connectivity index (χ1v) is 7.01. The fourth-order valence-electron chi connectivity index (χ4n) is 2.05. The summed E-state index contributed by atoms with van der Waals surface area (Å²) in [5, 5.41) is 5.54. The molecule has 1 saturated carbocycles. The third-order valence-corrected chi connectivity index (χ3v) is 3.04. The number of nitrogens with one attached hydrogen (secondary N) is 2. The zero-order valence-corrected chi connectivity index (χ0v) is 11.6. The van der Waals surface area contributed by atoms with Crippen LogP contribution in [0.1, 0.15) is 46.0 Å². The van der Waals surface area contributed by atoms with Gasteiger partial charge in [0, 0.05) is 19.4 Å². The fraction of sp³-hybridized carbons (Fsp3) is 0.786. The zero-order valence-electron chi connectivity index (χ0n) is 11.6. The number of hydrogen-bond donors (Lipinski definition) is 2. The average Bonchev–Trinajstić information content (AvgIpc) is 2.81. The molecule has 4 nitrogen and oxygen atoms in total. The van der Waals surface area contributed by atoms with Gasteiger partial charge in [-0.2, -0.15) is 0 Å². The molecule has 1 aliphatic rings. The lowest BCUT2D eigenvalue weighted by Crippen LogP contribution is -2.33. The molecule has 0 aliphatic heterocycles. The first-order valence-electron chi connectivity index (χ1n) is 7.01. The summed E-state index contributed by atoms with van der Waals surface area (Å²) in [4.78, 5) is 11.4. The van der Waals surface area contributed by atoms with Crippen LogP contribution in [0, 0.1) is 5.92 Å². The van der Waals surface area contributed by atoms with Gasteiger partial charge in [0.05, 0.1) is 6.10 Å². The van der Waals surface area contributed by atoms with Crippen LogP contribution in [0.2, 0.25) is 0 Å². The summed E-state index contributed by atoms with van der Waals surface area (Å²) >= 11 is 0. The van der Waals surface area contributed by atoms with Crippen molar-refractivity contribution in [1.29, 1.82) is 0 Å². The van der Waals surface area contributed by atoms with Crippen molar-refractivity contribution in [2.75, 3.05) is 13.2 Å². The molecule has 0 aromatic rings. The molecule has 0 bridgehead atoms. The summed E-state index contributed by atoms with van der Waals surface area (Å²) in [5.41, 5.74) is 0. The highest BCUT2D eigenvalue weighted by Gasteiger charge is 2.10. The highest BCUT2D eigenvalue weighted by Crippen LogP contribution is 2.25. The lowest BCUT2D eigenvalue weighted by molar-refractivity contribution is 0.0774. The Hall–Kier alpha value is -1.03. The number of hydrogen-bond acceptors (Lipinski definition) is 2. The summed E-state index contributed by atoms with van der Waals surface area (Å²) in [5.74, 6) is 0.657. The molecule has 18 heavy (non-hydrogen) atoms. The summed E-state index contributed by atoms with van der Waals surface area (Å²) in [6, 6.07) is -0.131. The van der Waals surface area contributed by atoms with Crippen LogP contribution in [0.4, 0.5) is 4.79 Å². The van der Waals surface area contributed by atoms with Gasteiger partial charge in [0.1, 0.15) is 0 Å². The van der Waals surface area contributed by atoms with E-state index in [1.165, 1.54) is 25.7 Å². The van der Waals surface area contributed by atoms with E-state index in [0.717, 1.165) is 6.42 Å². The van der Waals surface area contributed by atoms with Gasteiger partial charge in [-0.05, 0) is 39.0 Å². The van der Waals surface area contributed by atoms with E-state index in [4.69, 9.17) is 4.74 Å². The van der Waals surface area contributed by atoms with Crippen LogP contribution in [0.3, 0.4) is 0 Å². The van der Waals surface area contributed by atoms with Gasteiger partial charge >= 0.3 is 6.03 Å². The number of carbonyl (C=O) groups is 1. The standard InChI is InChI=1S/C14H26N2O2/c1-12(2)18-11-5-9-15-14(17)16-10-8-13-6-3-4-7-13/h8,10,12-13H,3-7,9,11H2,1-2H3,(H2,15,16,17)/b10-8+. The Morgan fingerprint density at radius 2 is 2.11 bits per heavy atom. The molecule has 1 aliphatic carbocycles. The monoisotopic (exact) mass is 254 g/mol. The summed E-state index contributed by atoms with van der Waals surface area (Å²) in [7, 11) is 0. The molecule has 0 radical (unpaired) electrons. The summed E-state index contributed by atoms with van der Waals surface area (Å²) in [6.07, 6.45) is 10.1. The van der Waals surface area contributed by atoms with Crippen molar-refractivity contribution in [3.05, 3.63) is 12.3 Å². The van der Waals surface area contributed by atoms with Crippen molar-refractivity contribution in [3.8, 4) is 0 Å². The quantitative estimate of drug-likeness (QED) is 0.686. The minimum absolute atomic E-state index is 0.131. The predicted molar refractivity (Wildman–Crippen MR) is 73.3 cm³/mol. The zero-order chi connectivity index (χ0) is 13.2. The molecule has 2 N–H and O–H groups in total. The number of carbonyl (C=O) groups excluding carboxylic acids is 1. The number of amides is 2. The normalized spacial score (nSPS) is 16.6. The van der Waals surface area contributed by atoms with E-state index in [9.17, 15) is 4.79 Å². The SMILES string of the molecule is CC(C)OCCCNC(=O)N/C=C/C1CCCC1. The topological polar surface area (TPSA) is 50.4 Å². The molecule has 0 aromatic carbocycles. The molecule has 1 rings (SSSR count). The predicted octanol–water partition coefficient (Wildman–Crippen LogP) is 2.80. The fourth-order valence-corrected chi connectivity index (χ4v) is 2.05. The van der Waals surface area contributed by atoms with Gasteiger partial charge in [-0.15, -0.1) is 0 Å². The molecule has 0 heterocycles. The van der Waals surface area contributed by atoms with Crippen molar-refractivity contribution in [2.24, 2.45) is 5.92 Å². The van der Waals surface area contributed by atoms with E-state index >= 15 is 0 Å². The van der Waals surface area contributed by atoms with Crippen molar-refractivity contribution < 1.29 is 9.53 Å². The van der Waals surface area contributed by atoms with Crippen molar-refractivity contribution in [2.45, 2.75) is 52.1 Å². The molecule has 0 atom stereocenters. The highest BCUT2D eigenvalue weighted by atomic mass is 16.5. The number of rotatable bonds is 7. The second-order valence-corrected chi connectivity index (χ2v) is 5.08. The van der Waals surface area contributed by atoms with Gasteiger partial charge in [0.15, 0.2) is 0 Å². The summed E-state index contributed by atoms with van der Waals surface area (Å²) in [6.45, 7) is 5.35. The Bertz CT molecular complexity index is 259. The van der Waals surface area contributed by atoms with Crippen LogP contribution in [0.25, 0.3) is 0 Å². The van der Waals surface area contributed by atoms with Crippen LogP contribution < -0.4 is 10.6 Å². The number of allylic oxidation sites excluding steroid dienone is 1.